The van der Waals surface area contributed by atoms with Crippen molar-refractivity contribution < 1.29 is 8.81 Å². The third-order valence-corrected chi connectivity index (χ3v) is 3.98. The summed E-state index contributed by atoms with van der Waals surface area (Å²) in [6.45, 7) is 7.44. The Hall–Kier alpha value is -1.16. The van der Waals surface area contributed by atoms with Crippen LogP contribution in [0.2, 0.25) is 0 Å². The van der Waals surface area contributed by atoms with Crippen LogP contribution in [0.25, 0.3) is 0 Å². The number of nitrogens with one attached hydrogen (secondary N) is 2. The molecule has 138 valence electrons. The molecule has 8 heteroatoms. The molecule has 25 heavy (non-hydrogen) atoms. The van der Waals surface area contributed by atoms with E-state index in [1.165, 1.54) is 6.07 Å². The molecule has 0 fully saturated rings. The quantitative estimate of drug-likeness (QED) is 0.339. The molecule has 0 amide bonds. The highest BCUT2D eigenvalue weighted by molar-refractivity contribution is 14.0. The first-order valence-corrected chi connectivity index (χ1v) is 8.68. The topological polar surface area (TPSA) is 62.5 Å². The summed E-state index contributed by atoms with van der Waals surface area (Å²) in [6.07, 6.45) is 0.562. The number of nitrogens with zero attached hydrogens (tertiary/aromatic N) is 2. The first-order chi connectivity index (χ1) is 11.5. The van der Waals surface area contributed by atoms with Crippen LogP contribution in [-0.4, -0.2) is 24.0 Å². The SMILES string of the molecule is CCNC(=NCc1nc(C)c(C)o1)NCCc1cc(Br)ccc1F.I. The second kappa shape index (κ2) is 10.7. The standard InChI is InChI=1S/C17H22BrFN4O.HI/c1-4-20-17(22-10-16-23-11(2)12(3)24-16)21-8-7-13-9-14(18)5-6-15(13)19;/h5-6,9H,4,7-8,10H2,1-3H3,(H2,20,21,22);1H. The van der Waals surface area contributed by atoms with Crippen LogP contribution in [0.3, 0.4) is 0 Å². The van der Waals surface area contributed by atoms with E-state index in [1.807, 2.05) is 20.8 Å². The largest absolute Gasteiger partial charge is 0.444 e. The zero-order chi connectivity index (χ0) is 17.5. The van der Waals surface area contributed by atoms with E-state index in [1.54, 1.807) is 12.1 Å². The molecule has 0 radical (unpaired) electrons. The van der Waals surface area contributed by atoms with Crippen LogP contribution < -0.4 is 10.6 Å². The van der Waals surface area contributed by atoms with Gasteiger partial charge >= 0.3 is 0 Å². The van der Waals surface area contributed by atoms with Crippen LogP contribution in [0, 0.1) is 19.7 Å². The summed E-state index contributed by atoms with van der Waals surface area (Å²) in [4.78, 5) is 8.75. The normalized spacial score (nSPS) is 11.2. The number of aryl methyl sites for hydroxylation is 2. The Kier molecular flexibility index (Phi) is 9.41. The average Bonchev–Trinajstić information content (AvgIpc) is 2.86. The zero-order valence-corrected chi connectivity index (χ0v) is 18.4. The van der Waals surface area contributed by atoms with Crippen LogP contribution in [-0.2, 0) is 13.0 Å². The van der Waals surface area contributed by atoms with Gasteiger partial charge < -0.3 is 15.1 Å². The van der Waals surface area contributed by atoms with Crippen LogP contribution in [0.1, 0.15) is 29.8 Å². The van der Waals surface area contributed by atoms with Crippen molar-refractivity contribution in [2.75, 3.05) is 13.1 Å². The molecule has 0 atom stereocenters. The molecule has 0 aliphatic rings. The minimum Gasteiger partial charge on any atom is -0.444 e. The molecule has 1 heterocycles. The molecule has 0 aliphatic carbocycles. The van der Waals surface area contributed by atoms with Gasteiger partial charge in [-0.25, -0.2) is 14.4 Å². The number of aromatic nitrogens is 1. The maximum atomic E-state index is 13.7. The molecule has 0 bridgehead atoms. The molecule has 0 unspecified atom stereocenters. The van der Waals surface area contributed by atoms with Crippen molar-refractivity contribution in [1.82, 2.24) is 15.6 Å². The van der Waals surface area contributed by atoms with Crippen molar-refractivity contribution >= 4 is 45.9 Å². The van der Waals surface area contributed by atoms with Crippen molar-refractivity contribution in [2.24, 2.45) is 4.99 Å². The summed E-state index contributed by atoms with van der Waals surface area (Å²) in [6, 6.07) is 4.95. The fourth-order valence-corrected chi connectivity index (χ4v) is 2.55. The molecule has 2 aromatic rings. The number of oxazole rings is 1. The van der Waals surface area contributed by atoms with Crippen LogP contribution >= 0.6 is 39.9 Å². The lowest BCUT2D eigenvalue weighted by molar-refractivity contribution is 0.473. The van der Waals surface area contributed by atoms with Crippen molar-refractivity contribution in [1.29, 1.82) is 0 Å². The molecule has 2 rings (SSSR count). The third-order valence-electron chi connectivity index (χ3n) is 3.48. The highest BCUT2D eigenvalue weighted by Crippen LogP contribution is 2.15. The number of aliphatic imine (C=N–C) groups is 1. The van der Waals surface area contributed by atoms with E-state index in [2.05, 4.69) is 36.5 Å². The van der Waals surface area contributed by atoms with Crippen LogP contribution in [0.5, 0.6) is 0 Å². The number of hydrogen-bond donors (Lipinski definition) is 2. The van der Waals surface area contributed by atoms with Gasteiger partial charge in [-0.1, -0.05) is 15.9 Å². The fourth-order valence-electron chi connectivity index (χ4n) is 2.15. The van der Waals surface area contributed by atoms with Gasteiger partial charge in [0.05, 0.1) is 5.69 Å². The second-order valence-corrected chi connectivity index (χ2v) is 6.27. The van der Waals surface area contributed by atoms with Crippen molar-refractivity contribution in [3.63, 3.8) is 0 Å². The predicted octanol–water partition coefficient (Wildman–Crippen LogP) is 4.11. The number of hydrogen-bond acceptors (Lipinski definition) is 3. The fraction of sp³-hybridized carbons (Fsp3) is 0.412. The van der Waals surface area contributed by atoms with Gasteiger partial charge in [0.15, 0.2) is 5.96 Å². The minimum absolute atomic E-state index is 0. The number of rotatable bonds is 6. The molecule has 0 saturated carbocycles. The molecule has 0 spiro atoms. The molecule has 0 saturated heterocycles. The number of halogens is 3. The maximum absolute atomic E-state index is 13.7. The van der Waals surface area contributed by atoms with E-state index in [9.17, 15) is 4.39 Å². The van der Waals surface area contributed by atoms with Gasteiger partial charge in [0, 0.05) is 17.6 Å². The van der Waals surface area contributed by atoms with Crippen molar-refractivity contribution in [3.8, 4) is 0 Å². The summed E-state index contributed by atoms with van der Waals surface area (Å²) < 4.78 is 20.1. The first kappa shape index (κ1) is 21.9. The molecule has 1 aromatic carbocycles. The predicted molar refractivity (Wildman–Crippen MR) is 112 cm³/mol. The van der Waals surface area contributed by atoms with Gasteiger partial charge in [-0.05, 0) is 51.0 Å². The summed E-state index contributed by atoms with van der Waals surface area (Å²) in [5.74, 6) is 1.85. The zero-order valence-electron chi connectivity index (χ0n) is 14.5. The van der Waals surface area contributed by atoms with Gasteiger partial charge in [0.2, 0.25) is 5.89 Å². The first-order valence-electron chi connectivity index (χ1n) is 7.88. The lowest BCUT2D eigenvalue weighted by Gasteiger charge is -2.11. The highest BCUT2D eigenvalue weighted by Gasteiger charge is 2.06. The summed E-state index contributed by atoms with van der Waals surface area (Å²) in [5.41, 5.74) is 1.54. The van der Waals surface area contributed by atoms with Gasteiger partial charge in [0.25, 0.3) is 0 Å². The monoisotopic (exact) mass is 524 g/mol. The molecule has 0 aliphatic heterocycles. The molecular weight excluding hydrogens is 502 g/mol. The average molecular weight is 525 g/mol. The van der Waals surface area contributed by atoms with E-state index in [0.29, 0.717) is 36.9 Å². The summed E-state index contributed by atoms with van der Waals surface area (Å²) in [7, 11) is 0. The van der Waals surface area contributed by atoms with E-state index in [-0.39, 0.29) is 29.8 Å². The van der Waals surface area contributed by atoms with Gasteiger partial charge in [0.1, 0.15) is 18.1 Å². The van der Waals surface area contributed by atoms with Crippen molar-refractivity contribution in [3.05, 3.63) is 51.4 Å². The Labute approximate surface area is 173 Å². The van der Waals surface area contributed by atoms with Crippen molar-refractivity contribution in [2.45, 2.75) is 33.7 Å². The lowest BCUT2D eigenvalue weighted by atomic mass is 10.1. The van der Waals surface area contributed by atoms with Gasteiger partial charge in [-0.15, -0.1) is 24.0 Å². The van der Waals surface area contributed by atoms with E-state index in [4.69, 9.17) is 4.42 Å². The lowest BCUT2D eigenvalue weighted by Crippen LogP contribution is -2.38. The molecule has 5 nitrogen and oxygen atoms in total. The highest BCUT2D eigenvalue weighted by atomic mass is 127. The van der Waals surface area contributed by atoms with Gasteiger partial charge in [-0.3, -0.25) is 0 Å². The van der Waals surface area contributed by atoms with E-state index in [0.717, 1.165) is 22.5 Å². The molecule has 2 N–H and O–H groups in total. The van der Waals surface area contributed by atoms with E-state index >= 15 is 0 Å². The Morgan fingerprint density at radius 2 is 2.08 bits per heavy atom. The molecular formula is C17H23BrFIN4O. The van der Waals surface area contributed by atoms with Gasteiger partial charge in [-0.2, -0.15) is 0 Å². The minimum atomic E-state index is -0.201. The summed E-state index contributed by atoms with van der Waals surface area (Å²) >= 11 is 3.36. The second-order valence-electron chi connectivity index (χ2n) is 5.36. The maximum Gasteiger partial charge on any atom is 0.216 e. The number of guanidine groups is 1. The molecule has 1 aromatic heterocycles. The van der Waals surface area contributed by atoms with Crippen LogP contribution in [0.4, 0.5) is 4.39 Å². The smallest absolute Gasteiger partial charge is 0.216 e. The third kappa shape index (κ3) is 6.93. The van der Waals surface area contributed by atoms with Crippen LogP contribution in [0.15, 0.2) is 32.1 Å². The van der Waals surface area contributed by atoms with E-state index < -0.39 is 0 Å². The Morgan fingerprint density at radius 3 is 2.72 bits per heavy atom. The Balaban J connectivity index is 0.00000312. The Morgan fingerprint density at radius 1 is 1.32 bits per heavy atom. The summed E-state index contributed by atoms with van der Waals surface area (Å²) in [5, 5.41) is 6.35. The number of benzene rings is 1. The Bertz CT molecular complexity index is 701.